The van der Waals surface area contributed by atoms with E-state index in [1.807, 2.05) is 0 Å². The van der Waals surface area contributed by atoms with E-state index in [4.69, 9.17) is 11.6 Å². The van der Waals surface area contributed by atoms with Crippen molar-refractivity contribution in [3.05, 3.63) is 35.6 Å². The van der Waals surface area contributed by atoms with E-state index in [1.165, 1.54) is 19.1 Å². The molecule has 0 radical (unpaired) electrons. The molecule has 0 fully saturated rings. The molecule has 0 saturated carbocycles. The number of halogens is 2. The van der Waals surface area contributed by atoms with Crippen LogP contribution in [0.25, 0.3) is 0 Å². The van der Waals surface area contributed by atoms with Crippen LogP contribution in [0.1, 0.15) is 31.9 Å². The highest BCUT2D eigenvalue weighted by Gasteiger charge is 2.46. The van der Waals surface area contributed by atoms with Crippen LogP contribution in [0, 0.1) is 5.82 Å². The summed E-state index contributed by atoms with van der Waals surface area (Å²) in [6, 6.07) is 4.98. The maximum Gasteiger partial charge on any atom is 0.175 e. The topological polar surface area (TPSA) is 54.4 Å². The molecule has 1 aromatic rings. The summed E-state index contributed by atoms with van der Waals surface area (Å²) in [5.41, 5.74) is 0.283. The monoisotopic (exact) mass is 294 g/mol. The Morgan fingerprint density at radius 3 is 2.22 bits per heavy atom. The van der Waals surface area contributed by atoms with Crippen molar-refractivity contribution in [3.63, 3.8) is 0 Å². The lowest BCUT2D eigenvalue weighted by atomic mass is 10.0. The minimum atomic E-state index is -3.65. The molecule has 0 bridgehead atoms. The van der Waals surface area contributed by atoms with Gasteiger partial charge >= 0.3 is 0 Å². The van der Waals surface area contributed by atoms with Crippen molar-refractivity contribution < 1.29 is 17.9 Å². The van der Waals surface area contributed by atoms with Crippen molar-refractivity contribution in [2.24, 2.45) is 0 Å². The third kappa shape index (κ3) is 2.68. The molecule has 1 aromatic carbocycles. The minimum Gasteiger partial charge on any atom is -0.385 e. The standard InChI is InChI=1S/C12H16ClFO3S/c1-3-12(13,18(16,17)4-2)11(15)9-5-7-10(14)8-6-9/h5-8,11,15H,3-4H2,1-2H3/t11-,12-/m1/s1. The number of benzene rings is 1. The van der Waals surface area contributed by atoms with Crippen molar-refractivity contribution in [2.45, 2.75) is 30.6 Å². The summed E-state index contributed by atoms with van der Waals surface area (Å²) < 4.78 is 35.0. The van der Waals surface area contributed by atoms with Crippen LogP contribution in [0.4, 0.5) is 4.39 Å². The van der Waals surface area contributed by atoms with Crippen molar-refractivity contribution in [1.29, 1.82) is 0 Å². The van der Waals surface area contributed by atoms with Crippen LogP contribution in [0.5, 0.6) is 0 Å². The lowest BCUT2D eigenvalue weighted by Crippen LogP contribution is -2.39. The molecule has 0 aliphatic carbocycles. The first-order valence-electron chi connectivity index (χ1n) is 5.63. The normalized spacial score (nSPS) is 17.2. The molecule has 6 heteroatoms. The number of alkyl halides is 1. The molecule has 1 rings (SSSR count). The second kappa shape index (κ2) is 5.55. The first kappa shape index (κ1) is 15.4. The first-order chi connectivity index (χ1) is 8.28. The molecule has 0 heterocycles. The lowest BCUT2D eigenvalue weighted by Gasteiger charge is -2.30. The van der Waals surface area contributed by atoms with Crippen molar-refractivity contribution in [3.8, 4) is 0 Å². The number of aliphatic hydroxyl groups is 1. The highest BCUT2D eigenvalue weighted by molar-refractivity contribution is 7.94. The molecule has 0 unspecified atom stereocenters. The molecule has 2 atom stereocenters. The van der Waals surface area contributed by atoms with Gasteiger partial charge in [0.25, 0.3) is 0 Å². The van der Waals surface area contributed by atoms with E-state index < -0.39 is 26.0 Å². The fourth-order valence-electron chi connectivity index (χ4n) is 1.72. The van der Waals surface area contributed by atoms with Gasteiger partial charge in [0.1, 0.15) is 11.9 Å². The van der Waals surface area contributed by atoms with Crippen molar-refractivity contribution >= 4 is 21.4 Å². The smallest absolute Gasteiger partial charge is 0.175 e. The van der Waals surface area contributed by atoms with Crippen LogP contribution in [0.15, 0.2) is 24.3 Å². The van der Waals surface area contributed by atoms with Gasteiger partial charge in [0, 0.05) is 5.75 Å². The molecule has 0 aliphatic heterocycles. The summed E-state index contributed by atoms with van der Waals surface area (Å²) in [5.74, 6) is -0.622. The van der Waals surface area contributed by atoms with Crippen molar-refractivity contribution in [2.75, 3.05) is 5.75 Å². The molecular formula is C12H16ClFO3S. The van der Waals surface area contributed by atoms with Crippen LogP contribution in [0.3, 0.4) is 0 Å². The van der Waals surface area contributed by atoms with Gasteiger partial charge in [-0.2, -0.15) is 0 Å². The summed E-state index contributed by atoms with van der Waals surface area (Å²) >= 11 is 6.11. The third-order valence-corrected chi connectivity index (χ3v) is 6.46. The summed E-state index contributed by atoms with van der Waals surface area (Å²) in [7, 11) is -3.65. The van der Waals surface area contributed by atoms with E-state index in [0.717, 1.165) is 12.1 Å². The third-order valence-electron chi connectivity index (χ3n) is 2.97. The summed E-state index contributed by atoms with van der Waals surface area (Å²) in [6.45, 7) is 3.06. The molecule has 0 aliphatic rings. The molecule has 102 valence electrons. The number of hydrogen-bond donors (Lipinski definition) is 1. The molecule has 0 aromatic heterocycles. The Kier molecular flexibility index (Phi) is 4.75. The summed E-state index contributed by atoms with van der Waals surface area (Å²) in [5, 5.41) is 10.2. The molecular weight excluding hydrogens is 279 g/mol. The molecule has 0 amide bonds. The van der Waals surface area contributed by atoms with E-state index in [-0.39, 0.29) is 17.7 Å². The average molecular weight is 295 g/mol. The predicted molar refractivity (Wildman–Crippen MR) is 69.7 cm³/mol. The Hall–Kier alpha value is -0.650. The maximum absolute atomic E-state index is 12.8. The number of aliphatic hydroxyl groups excluding tert-OH is 1. The van der Waals surface area contributed by atoms with E-state index >= 15 is 0 Å². The fourth-order valence-corrected chi connectivity index (χ4v) is 3.57. The Balaban J connectivity index is 3.21. The van der Waals surface area contributed by atoms with E-state index in [9.17, 15) is 17.9 Å². The van der Waals surface area contributed by atoms with Gasteiger partial charge < -0.3 is 5.11 Å². The zero-order chi connectivity index (χ0) is 14.0. The highest BCUT2D eigenvalue weighted by Crippen LogP contribution is 2.40. The largest absolute Gasteiger partial charge is 0.385 e. The van der Waals surface area contributed by atoms with Crippen molar-refractivity contribution in [1.82, 2.24) is 0 Å². The van der Waals surface area contributed by atoms with Crippen LogP contribution in [0.2, 0.25) is 0 Å². The second-order valence-corrected chi connectivity index (χ2v) is 7.43. The minimum absolute atomic E-state index is 0.0588. The SMILES string of the molecule is CC[C@](Cl)([C@H](O)c1ccc(F)cc1)S(=O)(=O)CC. The average Bonchev–Trinajstić information content (AvgIpc) is 2.37. The zero-order valence-electron chi connectivity index (χ0n) is 10.2. The summed E-state index contributed by atoms with van der Waals surface area (Å²) in [6.07, 6.45) is -1.33. The van der Waals surface area contributed by atoms with E-state index in [1.54, 1.807) is 6.92 Å². The van der Waals surface area contributed by atoms with Crippen LogP contribution in [-0.4, -0.2) is 23.5 Å². The van der Waals surface area contributed by atoms with Gasteiger partial charge in [-0.1, -0.05) is 37.6 Å². The van der Waals surface area contributed by atoms with Gasteiger partial charge in [0.15, 0.2) is 14.0 Å². The molecule has 1 N–H and O–H groups in total. The fraction of sp³-hybridized carbons (Fsp3) is 0.500. The number of hydrogen-bond acceptors (Lipinski definition) is 3. The van der Waals surface area contributed by atoms with Gasteiger partial charge in [-0.05, 0) is 24.1 Å². The van der Waals surface area contributed by atoms with E-state index in [2.05, 4.69) is 0 Å². The van der Waals surface area contributed by atoms with E-state index in [0.29, 0.717) is 0 Å². The Morgan fingerprint density at radius 2 is 1.83 bits per heavy atom. The van der Waals surface area contributed by atoms with Crippen LogP contribution < -0.4 is 0 Å². The lowest BCUT2D eigenvalue weighted by molar-refractivity contribution is 0.154. The predicted octanol–water partition coefficient (Wildman–Crippen LogP) is 2.64. The summed E-state index contributed by atoms with van der Waals surface area (Å²) in [4.78, 5) is 0. The molecule has 18 heavy (non-hydrogen) atoms. The Labute approximate surface area is 112 Å². The van der Waals surface area contributed by atoms with Crippen LogP contribution >= 0.6 is 11.6 Å². The zero-order valence-corrected chi connectivity index (χ0v) is 11.8. The molecule has 0 spiro atoms. The molecule has 3 nitrogen and oxygen atoms in total. The van der Waals surface area contributed by atoms with Gasteiger partial charge in [0.2, 0.25) is 0 Å². The van der Waals surface area contributed by atoms with Gasteiger partial charge in [-0.25, -0.2) is 12.8 Å². The highest BCUT2D eigenvalue weighted by atomic mass is 35.5. The number of rotatable bonds is 5. The van der Waals surface area contributed by atoms with Gasteiger partial charge in [-0.15, -0.1) is 0 Å². The Morgan fingerprint density at radius 1 is 1.33 bits per heavy atom. The Bertz CT molecular complexity index is 501. The quantitative estimate of drug-likeness (QED) is 0.850. The first-order valence-corrected chi connectivity index (χ1v) is 7.66. The van der Waals surface area contributed by atoms with Gasteiger partial charge in [-0.3, -0.25) is 0 Å². The number of sulfone groups is 1. The second-order valence-electron chi connectivity index (χ2n) is 4.00. The maximum atomic E-state index is 12.8. The van der Waals surface area contributed by atoms with Gasteiger partial charge in [0.05, 0.1) is 0 Å². The molecule has 0 saturated heterocycles. The van der Waals surface area contributed by atoms with Crippen LogP contribution in [-0.2, 0) is 9.84 Å².